The Morgan fingerprint density at radius 3 is 2.38 bits per heavy atom. The molecule has 1 saturated carbocycles. The SMILES string of the molecule is CC(O)(C=O)C1(CN)CCCCC1. The molecule has 3 heteroatoms. The molecule has 13 heavy (non-hydrogen) atoms. The molecule has 0 aromatic heterocycles. The molecule has 0 aliphatic heterocycles. The normalized spacial score (nSPS) is 26.4. The van der Waals surface area contributed by atoms with E-state index in [9.17, 15) is 9.90 Å². The summed E-state index contributed by atoms with van der Waals surface area (Å²) in [5, 5.41) is 9.95. The topological polar surface area (TPSA) is 63.3 Å². The minimum absolute atomic E-state index is 0.368. The number of aliphatic hydroxyl groups is 1. The molecule has 1 aliphatic rings. The Balaban J connectivity index is 2.84. The molecule has 1 fully saturated rings. The molecule has 0 heterocycles. The summed E-state index contributed by atoms with van der Waals surface area (Å²) in [6.45, 7) is 1.98. The van der Waals surface area contributed by atoms with Crippen molar-refractivity contribution < 1.29 is 9.90 Å². The third-order valence-corrected chi connectivity index (χ3v) is 3.50. The summed E-state index contributed by atoms with van der Waals surface area (Å²) in [6.07, 6.45) is 5.72. The summed E-state index contributed by atoms with van der Waals surface area (Å²) < 4.78 is 0. The lowest BCUT2D eigenvalue weighted by Crippen LogP contribution is -2.52. The maximum Gasteiger partial charge on any atom is 0.151 e. The summed E-state index contributed by atoms with van der Waals surface area (Å²) >= 11 is 0. The zero-order valence-corrected chi connectivity index (χ0v) is 8.25. The third-order valence-electron chi connectivity index (χ3n) is 3.50. The Hall–Kier alpha value is -0.410. The number of rotatable bonds is 3. The minimum atomic E-state index is -1.25. The summed E-state index contributed by atoms with van der Waals surface area (Å²) in [5.41, 5.74) is 4.07. The summed E-state index contributed by atoms with van der Waals surface area (Å²) in [6, 6.07) is 0. The second-order valence-corrected chi connectivity index (χ2v) is 4.31. The van der Waals surface area contributed by atoms with Crippen molar-refractivity contribution in [1.82, 2.24) is 0 Å². The lowest BCUT2D eigenvalue weighted by atomic mass is 9.64. The van der Waals surface area contributed by atoms with Gasteiger partial charge in [-0.15, -0.1) is 0 Å². The van der Waals surface area contributed by atoms with E-state index in [4.69, 9.17) is 5.73 Å². The molecule has 76 valence electrons. The van der Waals surface area contributed by atoms with E-state index in [2.05, 4.69) is 0 Å². The second kappa shape index (κ2) is 3.76. The fraction of sp³-hybridized carbons (Fsp3) is 0.900. The lowest BCUT2D eigenvalue weighted by Gasteiger charge is -2.44. The molecule has 1 atom stereocenters. The Labute approximate surface area is 79.3 Å². The van der Waals surface area contributed by atoms with Gasteiger partial charge in [-0.1, -0.05) is 19.3 Å². The van der Waals surface area contributed by atoms with Crippen molar-refractivity contribution in [1.29, 1.82) is 0 Å². The molecule has 3 N–H and O–H groups in total. The van der Waals surface area contributed by atoms with Gasteiger partial charge in [0, 0.05) is 12.0 Å². The second-order valence-electron chi connectivity index (χ2n) is 4.31. The Bertz CT molecular complexity index is 183. The molecule has 1 rings (SSSR count). The molecule has 0 amide bonds. The number of nitrogens with two attached hydrogens (primary N) is 1. The predicted octanol–water partition coefficient (Wildman–Crippen LogP) is 0.845. The van der Waals surface area contributed by atoms with Crippen LogP contribution in [0.15, 0.2) is 0 Å². The van der Waals surface area contributed by atoms with Gasteiger partial charge in [0.2, 0.25) is 0 Å². The summed E-state index contributed by atoms with van der Waals surface area (Å²) in [4.78, 5) is 10.8. The number of hydrogen-bond acceptors (Lipinski definition) is 3. The average Bonchev–Trinajstić information content (AvgIpc) is 2.18. The van der Waals surface area contributed by atoms with Gasteiger partial charge in [-0.3, -0.25) is 0 Å². The maximum absolute atomic E-state index is 10.8. The molecule has 0 radical (unpaired) electrons. The van der Waals surface area contributed by atoms with Gasteiger partial charge < -0.3 is 15.6 Å². The molecular formula is C10H19NO2. The highest BCUT2D eigenvalue weighted by atomic mass is 16.3. The molecule has 1 aliphatic carbocycles. The van der Waals surface area contributed by atoms with E-state index in [0.29, 0.717) is 12.8 Å². The van der Waals surface area contributed by atoms with E-state index in [-0.39, 0.29) is 5.41 Å². The number of aldehydes is 1. The highest BCUT2D eigenvalue weighted by Gasteiger charge is 2.46. The van der Waals surface area contributed by atoms with Crippen LogP contribution in [0.5, 0.6) is 0 Å². The van der Waals surface area contributed by atoms with Gasteiger partial charge in [0.1, 0.15) is 5.60 Å². The monoisotopic (exact) mass is 185 g/mol. The van der Waals surface area contributed by atoms with Crippen LogP contribution in [0, 0.1) is 5.41 Å². The summed E-state index contributed by atoms with van der Waals surface area (Å²) in [5.74, 6) is 0. The van der Waals surface area contributed by atoms with Crippen molar-refractivity contribution in [2.24, 2.45) is 11.1 Å². The Morgan fingerprint density at radius 1 is 1.46 bits per heavy atom. The highest BCUT2D eigenvalue weighted by molar-refractivity contribution is 5.63. The van der Waals surface area contributed by atoms with Crippen LogP contribution in [0.2, 0.25) is 0 Å². The molecule has 0 aromatic rings. The number of carbonyl (C=O) groups excluding carboxylic acids is 1. The van der Waals surface area contributed by atoms with E-state index in [0.717, 1.165) is 25.7 Å². The van der Waals surface area contributed by atoms with Gasteiger partial charge in [0.05, 0.1) is 0 Å². The molecular weight excluding hydrogens is 166 g/mol. The zero-order valence-electron chi connectivity index (χ0n) is 8.25. The van der Waals surface area contributed by atoms with Gasteiger partial charge in [0.25, 0.3) is 0 Å². The van der Waals surface area contributed by atoms with Gasteiger partial charge in [0.15, 0.2) is 6.29 Å². The smallest absolute Gasteiger partial charge is 0.151 e. The first-order valence-corrected chi connectivity index (χ1v) is 4.97. The van der Waals surface area contributed by atoms with Crippen LogP contribution >= 0.6 is 0 Å². The van der Waals surface area contributed by atoms with Crippen LogP contribution in [0.1, 0.15) is 39.0 Å². The Kier molecular flexibility index (Phi) is 3.09. The lowest BCUT2D eigenvalue weighted by molar-refractivity contribution is -0.140. The molecule has 3 nitrogen and oxygen atoms in total. The van der Waals surface area contributed by atoms with Crippen molar-refractivity contribution in [3.63, 3.8) is 0 Å². The maximum atomic E-state index is 10.8. The third kappa shape index (κ3) is 1.76. The van der Waals surface area contributed by atoms with Crippen LogP contribution in [0.25, 0.3) is 0 Å². The first-order valence-electron chi connectivity index (χ1n) is 4.97. The molecule has 0 spiro atoms. The van der Waals surface area contributed by atoms with Crippen molar-refractivity contribution in [3.05, 3.63) is 0 Å². The average molecular weight is 185 g/mol. The van der Waals surface area contributed by atoms with Crippen molar-refractivity contribution in [2.75, 3.05) is 6.54 Å². The highest BCUT2D eigenvalue weighted by Crippen LogP contribution is 2.43. The van der Waals surface area contributed by atoms with E-state index in [1.165, 1.54) is 6.42 Å². The largest absolute Gasteiger partial charge is 0.382 e. The van der Waals surface area contributed by atoms with Crippen LogP contribution in [0.4, 0.5) is 0 Å². The molecule has 1 unspecified atom stereocenters. The van der Waals surface area contributed by atoms with Crippen LogP contribution in [-0.2, 0) is 4.79 Å². The van der Waals surface area contributed by atoms with Crippen LogP contribution in [-0.4, -0.2) is 23.5 Å². The van der Waals surface area contributed by atoms with E-state index < -0.39 is 5.60 Å². The van der Waals surface area contributed by atoms with E-state index in [1.807, 2.05) is 0 Å². The molecule has 0 bridgehead atoms. The quantitative estimate of drug-likeness (QED) is 0.641. The number of carbonyl (C=O) groups is 1. The van der Waals surface area contributed by atoms with Gasteiger partial charge in [-0.05, 0) is 19.8 Å². The first-order chi connectivity index (χ1) is 6.08. The minimum Gasteiger partial charge on any atom is -0.382 e. The first kappa shape index (κ1) is 10.7. The van der Waals surface area contributed by atoms with Crippen molar-refractivity contribution in [2.45, 2.75) is 44.6 Å². The number of hydrogen-bond donors (Lipinski definition) is 2. The van der Waals surface area contributed by atoms with Crippen molar-refractivity contribution in [3.8, 4) is 0 Å². The van der Waals surface area contributed by atoms with Crippen LogP contribution in [0.3, 0.4) is 0 Å². The fourth-order valence-electron chi connectivity index (χ4n) is 2.27. The van der Waals surface area contributed by atoms with Crippen LogP contribution < -0.4 is 5.73 Å². The van der Waals surface area contributed by atoms with Gasteiger partial charge >= 0.3 is 0 Å². The van der Waals surface area contributed by atoms with Gasteiger partial charge in [-0.25, -0.2) is 0 Å². The molecule has 0 aromatic carbocycles. The van der Waals surface area contributed by atoms with Gasteiger partial charge in [-0.2, -0.15) is 0 Å². The zero-order chi connectivity index (χ0) is 9.95. The van der Waals surface area contributed by atoms with Crippen molar-refractivity contribution >= 4 is 6.29 Å². The molecule has 0 saturated heterocycles. The summed E-state index contributed by atoms with van der Waals surface area (Å²) in [7, 11) is 0. The van der Waals surface area contributed by atoms with E-state index >= 15 is 0 Å². The predicted molar refractivity (Wildman–Crippen MR) is 51.3 cm³/mol. The van der Waals surface area contributed by atoms with E-state index in [1.54, 1.807) is 6.92 Å². The Morgan fingerprint density at radius 2 is 2.00 bits per heavy atom. The fourth-order valence-corrected chi connectivity index (χ4v) is 2.27. The standard InChI is InChI=1S/C10H19NO2/c1-9(13,8-12)10(7-11)5-3-2-4-6-10/h8,13H,2-7,11H2,1H3.